The molecule has 2 aliphatic rings. The SMILES string of the molecule is FC(F)(F)c1cnc(N2CC[C@H](N3CCOCC3)C2)s1. The molecule has 8 heteroatoms. The van der Waals surface area contributed by atoms with Crippen molar-refractivity contribution in [1.29, 1.82) is 0 Å². The molecule has 0 spiro atoms. The molecular weight excluding hydrogens is 291 g/mol. The third kappa shape index (κ3) is 2.91. The van der Waals surface area contributed by atoms with Gasteiger partial charge in [0.2, 0.25) is 0 Å². The molecule has 3 rings (SSSR count). The summed E-state index contributed by atoms with van der Waals surface area (Å²) in [6.07, 6.45) is -2.39. The van der Waals surface area contributed by atoms with Gasteiger partial charge in [-0.3, -0.25) is 4.90 Å². The maximum atomic E-state index is 12.6. The Morgan fingerprint density at radius 2 is 2.00 bits per heavy atom. The Balaban J connectivity index is 1.63. The van der Waals surface area contributed by atoms with Gasteiger partial charge in [0.15, 0.2) is 5.13 Å². The van der Waals surface area contributed by atoms with Crippen LogP contribution in [0.1, 0.15) is 11.3 Å². The maximum Gasteiger partial charge on any atom is 0.427 e. The summed E-state index contributed by atoms with van der Waals surface area (Å²) in [5, 5.41) is 0.480. The molecule has 0 bridgehead atoms. The van der Waals surface area contributed by atoms with E-state index >= 15 is 0 Å². The number of ether oxygens (including phenoxy) is 1. The largest absolute Gasteiger partial charge is 0.427 e. The summed E-state index contributed by atoms with van der Waals surface area (Å²) < 4.78 is 43.1. The van der Waals surface area contributed by atoms with E-state index in [1.807, 2.05) is 4.90 Å². The van der Waals surface area contributed by atoms with E-state index in [0.717, 1.165) is 63.3 Å². The summed E-state index contributed by atoms with van der Waals surface area (Å²) in [4.78, 5) is 7.62. The summed E-state index contributed by atoms with van der Waals surface area (Å²) in [5.41, 5.74) is 0. The third-order valence-corrected chi connectivity index (χ3v) is 4.87. The Kier molecular flexibility index (Phi) is 3.87. The van der Waals surface area contributed by atoms with E-state index in [1.54, 1.807) is 0 Å². The van der Waals surface area contributed by atoms with Crippen molar-refractivity contribution < 1.29 is 17.9 Å². The molecular formula is C12H16F3N3OS. The lowest BCUT2D eigenvalue weighted by Crippen LogP contribution is -2.44. The summed E-state index contributed by atoms with van der Waals surface area (Å²) in [5.74, 6) is 0. The molecule has 0 saturated carbocycles. The van der Waals surface area contributed by atoms with Gasteiger partial charge in [-0.05, 0) is 6.42 Å². The summed E-state index contributed by atoms with van der Waals surface area (Å²) >= 11 is 0.732. The van der Waals surface area contributed by atoms with Gasteiger partial charge in [0.25, 0.3) is 0 Å². The first-order valence-electron chi connectivity index (χ1n) is 6.64. The predicted molar refractivity (Wildman–Crippen MR) is 70.1 cm³/mol. The fourth-order valence-electron chi connectivity index (χ4n) is 2.70. The molecule has 1 aromatic rings. The molecule has 20 heavy (non-hydrogen) atoms. The van der Waals surface area contributed by atoms with Gasteiger partial charge < -0.3 is 9.64 Å². The molecule has 1 aromatic heterocycles. The fourth-order valence-corrected chi connectivity index (χ4v) is 3.52. The van der Waals surface area contributed by atoms with Crippen LogP contribution in [0.5, 0.6) is 0 Å². The third-order valence-electron chi connectivity index (χ3n) is 3.77. The Morgan fingerprint density at radius 1 is 1.25 bits per heavy atom. The second-order valence-electron chi connectivity index (χ2n) is 5.04. The van der Waals surface area contributed by atoms with E-state index in [2.05, 4.69) is 9.88 Å². The van der Waals surface area contributed by atoms with Crippen LogP contribution in [0.2, 0.25) is 0 Å². The van der Waals surface area contributed by atoms with Crippen LogP contribution >= 0.6 is 11.3 Å². The molecule has 0 N–H and O–H groups in total. The lowest BCUT2D eigenvalue weighted by molar-refractivity contribution is -0.134. The molecule has 0 aromatic carbocycles. The molecule has 4 nitrogen and oxygen atoms in total. The molecule has 2 saturated heterocycles. The highest BCUT2D eigenvalue weighted by molar-refractivity contribution is 7.15. The van der Waals surface area contributed by atoms with Crippen molar-refractivity contribution in [2.75, 3.05) is 44.3 Å². The zero-order valence-corrected chi connectivity index (χ0v) is 11.7. The number of thiazole rings is 1. The van der Waals surface area contributed by atoms with E-state index in [1.165, 1.54) is 0 Å². The van der Waals surface area contributed by atoms with E-state index < -0.39 is 11.1 Å². The molecule has 1 atom stereocenters. The zero-order chi connectivity index (χ0) is 14.2. The maximum absolute atomic E-state index is 12.6. The van der Waals surface area contributed by atoms with E-state index in [4.69, 9.17) is 4.74 Å². The molecule has 2 fully saturated rings. The minimum Gasteiger partial charge on any atom is -0.379 e. The molecule has 0 radical (unpaired) electrons. The number of anilines is 1. The Morgan fingerprint density at radius 3 is 2.65 bits per heavy atom. The number of aromatic nitrogens is 1. The molecule has 0 aliphatic carbocycles. The monoisotopic (exact) mass is 307 g/mol. The highest BCUT2D eigenvalue weighted by Crippen LogP contribution is 2.37. The van der Waals surface area contributed by atoms with Gasteiger partial charge in [-0.2, -0.15) is 13.2 Å². The number of hydrogen-bond acceptors (Lipinski definition) is 5. The summed E-state index contributed by atoms with van der Waals surface area (Å²) in [6, 6.07) is 0.400. The predicted octanol–water partition coefficient (Wildman–Crippen LogP) is 2.07. The number of nitrogens with zero attached hydrogens (tertiary/aromatic N) is 3. The van der Waals surface area contributed by atoms with E-state index in [0.29, 0.717) is 11.2 Å². The molecule has 0 unspecified atom stereocenters. The van der Waals surface area contributed by atoms with Crippen LogP contribution in [-0.4, -0.2) is 55.3 Å². The minimum absolute atomic E-state index is 0.400. The molecule has 112 valence electrons. The van der Waals surface area contributed by atoms with Gasteiger partial charge in [0.1, 0.15) is 4.88 Å². The van der Waals surface area contributed by atoms with Gasteiger partial charge >= 0.3 is 6.18 Å². The number of halogens is 3. The van der Waals surface area contributed by atoms with Crippen molar-refractivity contribution in [2.45, 2.75) is 18.6 Å². The quantitative estimate of drug-likeness (QED) is 0.836. The van der Waals surface area contributed by atoms with Gasteiger partial charge in [-0.1, -0.05) is 11.3 Å². The van der Waals surface area contributed by atoms with Crippen LogP contribution in [0.15, 0.2) is 6.20 Å². The lowest BCUT2D eigenvalue weighted by Gasteiger charge is -2.32. The van der Waals surface area contributed by atoms with Gasteiger partial charge in [0, 0.05) is 32.2 Å². The van der Waals surface area contributed by atoms with Crippen LogP contribution < -0.4 is 4.90 Å². The van der Waals surface area contributed by atoms with Gasteiger partial charge in [0.05, 0.1) is 19.4 Å². The first-order valence-corrected chi connectivity index (χ1v) is 7.45. The summed E-state index contributed by atoms with van der Waals surface area (Å²) in [7, 11) is 0. The zero-order valence-electron chi connectivity index (χ0n) is 10.9. The van der Waals surface area contributed by atoms with Crippen molar-refractivity contribution in [1.82, 2.24) is 9.88 Å². The van der Waals surface area contributed by atoms with Crippen molar-refractivity contribution in [3.8, 4) is 0 Å². The Labute approximate surface area is 119 Å². The highest BCUT2D eigenvalue weighted by atomic mass is 32.1. The Bertz CT molecular complexity index is 459. The molecule has 2 aliphatic heterocycles. The van der Waals surface area contributed by atoms with Gasteiger partial charge in [-0.15, -0.1) is 0 Å². The van der Waals surface area contributed by atoms with Crippen LogP contribution in [0.4, 0.5) is 18.3 Å². The topological polar surface area (TPSA) is 28.6 Å². The van der Waals surface area contributed by atoms with Crippen LogP contribution in [0.3, 0.4) is 0 Å². The van der Waals surface area contributed by atoms with Crippen molar-refractivity contribution >= 4 is 16.5 Å². The Hall–Kier alpha value is -0.860. The molecule has 3 heterocycles. The van der Waals surface area contributed by atoms with Crippen molar-refractivity contribution in [3.05, 3.63) is 11.1 Å². The normalized spacial score (nSPS) is 25.4. The average molecular weight is 307 g/mol. The van der Waals surface area contributed by atoms with Crippen molar-refractivity contribution in [2.24, 2.45) is 0 Å². The summed E-state index contributed by atoms with van der Waals surface area (Å²) in [6.45, 7) is 4.82. The van der Waals surface area contributed by atoms with Crippen molar-refractivity contribution in [3.63, 3.8) is 0 Å². The number of hydrogen-bond donors (Lipinski definition) is 0. The van der Waals surface area contributed by atoms with E-state index in [-0.39, 0.29) is 0 Å². The lowest BCUT2D eigenvalue weighted by atomic mass is 10.2. The molecule has 0 amide bonds. The standard InChI is InChI=1S/C12H16F3N3OS/c13-12(14,15)10-7-16-11(20-10)18-2-1-9(8-18)17-3-5-19-6-4-17/h7,9H,1-6,8H2/t9-/m0/s1. The number of morpholine rings is 1. The first kappa shape index (κ1) is 14.1. The van der Waals surface area contributed by atoms with Crippen LogP contribution in [0, 0.1) is 0 Å². The van der Waals surface area contributed by atoms with Crippen LogP contribution in [0.25, 0.3) is 0 Å². The number of alkyl halides is 3. The fraction of sp³-hybridized carbons (Fsp3) is 0.750. The second-order valence-corrected chi connectivity index (χ2v) is 6.05. The second kappa shape index (κ2) is 5.50. The highest BCUT2D eigenvalue weighted by Gasteiger charge is 2.35. The van der Waals surface area contributed by atoms with Gasteiger partial charge in [-0.25, -0.2) is 4.98 Å². The van der Waals surface area contributed by atoms with Crippen LogP contribution in [-0.2, 0) is 10.9 Å². The smallest absolute Gasteiger partial charge is 0.379 e. The average Bonchev–Trinajstić information content (AvgIpc) is 3.08. The first-order chi connectivity index (χ1) is 9.54. The minimum atomic E-state index is -4.29. The van der Waals surface area contributed by atoms with E-state index in [9.17, 15) is 13.2 Å². The number of rotatable bonds is 2.